The van der Waals surface area contributed by atoms with Gasteiger partial charge in [-0.15, -0.1) is 36.0 Å². The number of hydrogen-bond donors (Lipinski definition) is 0. The third-order valence-electron chi connectivity index (χ3n) is 1.50. The van der Waals surface area contributed by atoms with Crippen LogP contribution in [0.5, 0.6) is 0 Å². The first-order chi connectivity index (χ1) is 8.24. The van der Waals surface area contributed by atoms with Crippen LogP contribution in [0, 0.1) is 36.0 Å². The summed E-state index contributed by atoms with van der Waals surface area (Å²) in [6, 6.07) is 0. The van der Waals surface area contributed by atoms with Gasteiger partial charge in [0.05, 0.1) is 0 Å². The molecule has 0 aromatic heterocycles. The largest absolute Gasteiger partial charge is 0.120 e. The molecule has 0 rings (SSSR count). The van der Waals surface area contributed by atoms with Gasteiger partial charge in [0.1, 0.15) is 0 Å². The summed E-state index contributed by atoms with van der Waals surface area (Å²) in [5.41, 5.74) is 0. The number of terminal acetylenes is 1. The second-order valence-electron chi connectivity index (χ2n) is 3.31. The van der Waals surface area contributed by atoms with Crippen molar-refractivity contribution in [3.8, 4) is 36.0 Å². The first-order valence-electron chi connectivity index (χ1n) is 6.47. The fraction of sp³-hybridized carbons (Fsp3) is 0.647. The van der Waals surface area contributed by atoms with E-state index < -0.39 is 0 Å². The Balaban J connectivity index is -0.000000174. The highest BCUT2D eigenvalue weighted by atomic mass is 13.7. The van der Waals surface area contributed by atoms with E-state index in [1.54, 1.807) is 0 Å². The minimum Gasteiger partial charge on any atom is -0.120 e. The fourth-order valence-corrected chi connectivity index (χ4v) is 0.644. The molecule has 0 heterocycles. The van der Waals surface area contributed by atoms with Crippen LogP contribution in [0.15, 0.2) is 0 Å². The Morgan fingerprint density at radius 2 is 1.06 bits per heavy atom. The van der Waals surface area contributed by atoms with Crippen molar-refractivity contribution in [3.05, 3.63) is 0 Å². The van der Waals surface area contributed by atoms with Crippen molar-refractivity contribution >= 4 is 0 Å². The fourth-order valence-electron chi connectivity index (χ4n) is 0.644. The summed E-state index contributed by atoms with van der Waals surface area (Å²) >= 11 is 0. The van der Waals surface area contributed by atoms with E-state index >= 15 is 0 Å². The Morgan fingerprint density at radius 3 is 1.12 bits per heavy atom. The summed E-state index contributed by atoms with van der Waals surface area (Å²) in [5.74, 6) is 14.1. The molecule has 0 spiro atoms. The standard InChI is InChI=1S/2C6H10.C5H8/c2*1-3-5-6-4-2;1-3-5-4-2/h2*3,5H2,1-2H3;1H,4-5H2,2H3. The van der Waals surface area contributed by atoms with Gasteiger partial charge in [-0.1, -0.05) is 20.8 Å². The summed E-state index contributed by atoms with van der Waals surface area (Å²) < 4.78 is 0. The third-order valence-corrected chi connectivity index (χ3v) is 1.50. The normalized spacial score (nSPS) is 6.35. The Hall–Kier alpha value is -1.32. The molecule has 0 aliphatic carbocycles. The summed E-state index contributed by atoms with van der Waals surface area (Å²) in [6.07, 6.45) is 11.4. The predicted octanol–water partition coefficient (Wildman–Crippen LogP) is 5.04. The quantitative estimate of drug-likeness (QED) is 0.598. The molecule has 0 nitrogen and oxygen atoms in total. The second-order valence-corrected chi connectivity index (χ2v) is 3.31. The molecular weight excluding hydrogens is 204 g/mol. The van der Waals surface area contributed by atoms with Gasteiger partial charge >= 0.3 is 0 Å². The number of rotatable bonds is 3. The SMILES string of the molecule is C#CCCC.CC#CCCC.CC#CCCC. The molecule has 0 aliphatic heterocycles. The van der Waals surface area contributed by atoms with E-state index in [0.717, 1.165) is 25.7 Å². The maximum absolute atomic E-state index is 4.89. The van der Waals surface area contributed by atoms with Crippen LogP contribution in [0.2, 0.25) is 0 Å². The summed E-state index contributed by atoms with van der Waals surface area (Å²) in [6.45, 7) is 10.1. The van der Waals surface area contributed by atoms with Crippen LogP contribution < -0.4 is 0 Å². The first kappa shape index (κ1) is 21.0. The van der Waals surface area contributed by atoms with Gasteiger partial charge in [-0.05, 0) is 33.1 Å². The maximum atomic E-state index is 4.89. The van der Waals surface area contributed by atoms with Gasteiger partial charge in [0.15, 0.2) is 0 Å². The average Bonchev–Trinajstić information content (AvgIpc) is 2.36. The molecule has 0 aliphatic rings. The molecule has 0 bridgehead atoms. The number of unbranched alkanes of at least 4 members (excludes halogenated alkanes) is 3. The summed E-state index contributed by atoms with van der Waals surface area (Å²) in [7, 11) is 0. The topological polar surface area (TPSA) is 0 Å². The highest BCUT2D eigenvalue weighted by molar-refractivity contribution is 4.94. The van der Waals surface area contributed by atoms with Crippen LogP contribution in [-0.4, -0.2) is 0 Å². The van der Waals surface area contributed by atoms with E-state index in [-0.39, 0.29) is 0 Å². The van der Waals surface area contributed by atoms with Gasteiger partial charge in [0.25, 0.3) is 0 Å². The van der Waals surface area contributed by atoms with E-state index in [9.17, 15) is 0 Å². The van der Waals surface area contributed by atoms with Crippen LogP contribution in [0.1, 0.15) is 73.1 Å². The number of hydrogen-bond acceptors (Lipinski definition) is 0. The molecule has 0 saturated heterocycles. The van der Waals surface area contributed by atoms with Gasteiger partial charge in [-0.25, -0.2) is 0 Å². The Labute approximate surface area is 110 Å². The maximum Gasteiger partial charge on any atom is 0.00859 e. The third kappa shape index (κ3) is 52.9. The molecule has 17 heavy (non-hydrogen) atoms. The molecule has 0 atom stereocenters. The highest BCUT2D eigenvalue weighted by Gasteiger charge is 1.64. The molecule has 0 aromatic rings. The molecule has 0 saturated carbocycles. The van der Waals surface area contributed by atoms with Crippen LogP contribution in [-0.2, 0) is 0 Å². The molecule has 0 amide bonds. The molecule has 0 fully saturated rings. The zero-order valence-corrected chi connectivity index (χ0v) is 12.3. The Morgan fingerprint density at radius 1 is 0.706 bits per heavy atom. The molecule has 0 aromatic carbocycles. The van der Waals surface area contributed by atoms with Crippen molar-refractivity contribution in [2.24, 2.45) is 0 Å². The van der Waals surface area contributed by atoms with E-state index in [4.69, 9.17) is 6.42 Å². The average molecular weight is 232 g/mol. The van der Waals surface area contributed by atoms with Crippen LogP contribution in [0.4, 0.5) is 0 Å². The van der Waals surface area contributed by atoms with Crippen molar-refractivity contribution in [3.63, 3.8) is 0 Å². The molecule has 0 heteroatoms. The van der Waals surface area contributed by atoms with Gasteiger partial charge < -0.3 is 0 Å². The van der Waals surface area contributed by atoms with Gasteiger partial charge in [0, 0.05) is 19.3 Å². The van der Waals surface area contributed by atoms with E-state index in [1.165, 1.54) is 12.8 Å². The summed E-state index contributed by atoms with van der Waals surface area (Å²) in [5, 5.41) is 0. The lowest BCUT2D eigenvalue weighted by atomic mass is 10.3. The van der Waals surface area contributed by atoms with E-state index in [2.05, 4.69) is 50.4 Å². The van der Waals surface area contributed by atoms with E-state index in [0.29, 0.717) is 0 Å². The lowest BCUT2D eigenvalue weighted by Gasteiger charge is -1.71. The molecule has 0 unspecified atom stereocenters. The minimum absolute atomic E-state index is 0.917. The lowest BCUT2D eigenvalue weighted by Crippen LogP contribution is -1.56. The smallest absolute Gasteiger partial charge is 0.00859 e. The van der Waals surface area contributed by atoms with Gasteiger partial charge in [0.2, 0.25) is 0 Å². The Kier molecular flexibility index (Phi) is 36.2. The zero-order valence-electron chi connectivity index (χ0n) is 12.3. The Bertz CT molecular complexity index is 234. The minimum atomic E-state index is 0.917. The molecule has 0 N–H and O–H groups in total. The van der Waals surface area contributed by atoms with Crippen LogP contribution >= 0.6 is 0 Å². The first-order valence-corrected chi connectivity index (χ1v) is 6.47. The van der Waals surface area contributed by atoms with Crippen LogP contribution in [0.25, 0.3) is 0 Å². The van der Waals surface area contributed by atoms with E-state index in [1.807, 2.05) is 13.8 Å². The highest BCUT2D eigenvalue weighted by Crippen LogP contribution is 1.79. The van der Waals surface area contributed by atoms with Crippen molar-refractivity contribution in [1.82, 2.24) is 0 Å². The second kappa shape index (κ2) is 29.3. The summed E-state index contributed by atoms with van der Waals surface area (Å²) in [4.78, 5) is 0. The van der Waals surface area contributed by atoms with Crippen molar-refractivity contribution in [1.29, 1.82) is 0 Å². The predicted molar refractivity (Wildman–Crippen MR) is 80.5 cm³/mol. The van der Waals surface area contributed by atoms with Crippen molar-refractivity contribution < 1.29 is 0 Å². The van der Waals surface area contributed by atoms with Gasteiger partial charge in [-0.3, -0.25) is 0 Å². The van der Waals surface area contributed by atoms with Crippen molar-refractivity contribution in [2.45, 2.75) is 73.1 Å². The zero-order chi connectivity index (χ0) is 13.8. The molecule has 96 valence electrons. The van der Waals surface area contributed by atoms with Crippen LogP contribution in [0.3, 0.4) is 0 Å². The molecular formula is C17H28. The lowest BCUT2D eigenvalue weighted by molar-refractivity contribution is 0.983. The monoisotopic (exact) mass is 232 g/mol. The molecule has 0 radical (unpaired) electrons. The van der Waals surface area contributed by atoms with Gasteiger partial charge in [-0.2, -0.15) is 0 Å². The van der Waals surface area contributed by atoms with Crippen molar-refractivity contribution in [2.75, 3.05) is 0 Å².